The fourth-order valence-electron chi connectivity index (χ4n) is 4.31. The minimum Gasteiger partial charge on any atom is -0.461 e. The van der Waals surface area contributed by atoms with Gasteiger partial charge in [-0.15, -0.1) is 0 Å². The van der Waals surface area contributed by atoms with Gasteiger partial charge < -0.3 is 19.8 Å². The van der Waals surface area contributed by atoms with Crippen LogP contribution in [0.5, 0.6) is 0 Å². The maximum atomic E-state index is 13.0. The van der Waals surface area contributed by atoms with Gasteiger partial charge in [0.1, 0.15) is 22.9 Å². The number of hydrogen-bond donors (Lipinski definition) is 2. The first kappa shape index (κ1) is 28.5. The number of carbonyl (C=O) groups is 3. The van der Waals surface area contributed by atoms with Crippen LogP contribution in [0.15, 0.2) is 42.6 Å². The second kappa shape index (κ2) is 12.1. The first-order valence-electron chi connectivity index (χ1n) is 12.9. The van der Waals surface area contributed by atoms with Gasteiger partial charge in [0.2, 0.25) is 0 Å². The van der Waals surface area contributed by atoms with Gasteiger partial charge in [-0.1, -0.05) is 12.1 Å². The summed E-state index contributed by atoms with van der Waals surface area (Å²) in [5.74, 6) is 0.0989. The van der Waals surface area contributed by atoms with Crippen molar-refractivity contribution in [3.8, 4) is 11.3 Å². The molecule has 0 saturated carbocycles. The summed E-state index contributed by atoms with van der Waals surface area (Å²) in [5.41, 5.74) is 1.01. The molecule has 0 spiro atoms. The molecule has 10 nitrogen and oxygen atoms in total. The Morgan fingerprint density at radius 1 is 1.15 bits per heavy atom. The zero-order valence-electron chi connectivity index (χ0n) is 22.4. The number of rotatable bonds is 6. The summed E-state index contributed by atoms with van der Waals surface area (Å²) in [7, 11) is 0. The minimum absolute atomic E-state index is 0.196. The minimum atomic E-state index is -0.632. The number of carbonyl (C=O) groups excluding carboxylic acids is 3. The Morgan fingerprint density at radius 2 is 1.90 bits per heavy atom. The van der Waals surface area contributed by atoms with Crippen LogP contribution >= 0.6 is 22.6 Å². The van der Waals surface area contributed by atoms with Crippen LogP contribution in [-0.4, -0.2) is 56.6 Å². The third kappa shape index (κ3) is 7.14. The number of H-pyrrole nitrogens is 1. The number of benzene rings is 1. The van der Waals surface area contributed by atoms with Gasteiger partial charge in [-0.05, 0) is 93.8 Å². The fourth-order valence-corrected chi connectivity index (χ4v) is 4.76. The second-order valence-electron chi connectivity index (χ2n) is 10.1. The first-order valence-corrected chi connectivity index (χ1v) is 13.9. The normalized spacial score (nSPS) is 15.5. The number of anilines is 1. The summed E-state index contributed by atoms with van der Waals surface area (Å²) < 4.78 is 11.9. The lowest BCUT2D eigenvalue weighted by atomic mass is 10.0. The molecule has 1 aliphatic rings. The van der Waals surface area contributed by atoms with Crippen molar-refractivity contribution in [1.29, 1.82) is 0 Å². The molecule has 2 amide bonds. The van der Waals surface area contributed by atoms with E-state index in [9.17, 15) is 14.4 Å². The number of esters is 1. The highest BCUT2D eigenvalue weighted by molar-refractivity contribution is 14.1. The Labute approximate surface area is 241 Å². The van der Waals surface area contributed by atoms with Crippen LogP contribution in [0.25, 0.3) is 11.3 Å². The number of halogens is 1. The Kier molecular flexibility index (Phi) is 8.88. The van der Waals surface area contributed by atoms with Crippen LogP contribution < -0.4 is 5.32 Å². The average Bonchev–Trinajstić information content (AvgIpc) is 3.33. The van der Waals surface area contributed by atoms with Crippen molar-refractivity contribution in [1.82, 2.24) is 19.9 Å². The molecule has 1 saturated heterocycles. The summed E-state index contributed by atoms with van der Waals surface area (Å²) in [6.07, 6.45) is 3.66. The maximum Gasteiger partial charge on any atom is 0.410 e. The molecule has 206 valence electrons. The number of likely N-dealkylation sites (tertiary alicyclic amines) is 1. The van der Waals surface area contributed by atoms with Crippen LogP contribution in [0.4, 0.5) is 10.6 Å². The molecular formula is C28H32IN5O5. The first-order chi connectivity index (χ1) is 18.6. The van der Waals surface area contributed by atoms with E-state index in [1.807, 2.05) is 26.8 Å². The van der Waals surface area contributed by atoms with Crippen molar-refractivity contribution < 1.29 is 23.9 Å². The Morgan fingerprint density at radius 3 is 2.56 bits per heavy atom. The summed E-state index contributed by atoms with van der Waals surface area (Å²) >= 11 is 2.15. The van der Waals surface area contributed by atoms with E-state index in [4.69, 9.17) is 14.5 Å². The lowest BCUT2D eigenvalue weighted by Gasteiger charge is -2.35. The Balaban J connectivity index is 1.63. The van der Waals surface area contributed by atoms with E-state index < -0.39 is 17.7 Å². The van der Waals surface area contributed by atoms with Gasteiger partial charge in [-0.3, -0.25) is 9.69 Å². The van der Waals surface area contributed by atoms with Crippen LogP contribution in [-0.2, 0) is 9.47 Å². The van der Waals surface area contributed by atoms with Crippen molar-refractivity contribution in [2.75, 3.05) is 18.5 Å². The molecule has 1 aliphatic heterocycles. The number of aromatic nitrogens is 3. The van der Waals surface area contributed by atoms with Gasteiger partial charge in [0.15, 0.2) is 5.69 Å². The van der Waals surface area contributed by atoms with E-state index in [-0.39, 0.29) is 24.2 Å². The van der Waals surface area contributed by atoms with Gasteiger partial charge in [0.05, 0.1) is 12.6 Å². The predicted molar refractivity (Wildman–Crippen MR) is 154 cm³/mol. The molecule has 3 heterocycles. The number of pyridine rings is 1. The molecule has 39 heavy (non-hydrogen) atoms. The lowest BCUT2D eigenvalue weighted by molar-refractivity contribution is 0.00853. The van der Waals surface area contributed by atoms with E-state index in [1.54, 1.807) is 48.4 Å². The van der Waals surface area contributed by atoms with Gasteiger partial charge in [0.25, 0.3) is 5.91 Å². The summed E-state index contributed by atoms with van der Waals surface area (Å²) in [4.78, 5) is 52.3. The summed E-state index contributed by atoms with van der Waals surface area (Å²) in [5, 5.41) is 2.78. The molecule has 3 aromatic rings. The van der Waals surface area contributed by atoms with E-state index >= 15 is 0 Å². The van der Waals surface area contributed by atoms with Crippen molar-refractivity contribution in [3.63, 3.8) is 0 Å². The largest absolute Gasteiger partial charge is 0.461 e. The monoisotopic (exact) mass is 645 g/mol. The number of nitrogens with one attached hydrogen (secondary N) is 2. The van der Waals surface area contributed by atoms with E-state index in [1.165, 1.54) is 0 Å². The molecule has 2 aromatic heterocycles. The molecule has 4 rings (SSSR count). The average molecular weight is 645 g/mol. The van der Waals surface area contributed by atoms with Gasteiger partial charge in [-0.2, -0.15) is 0 Å². The molecular weight excluding hydrogens is 613 g/mol. The van der Waals surface area contributed by atoms with E-state index in [0.717, 1.165) is 16.4 Å². The molecule has 0 bridgehead atoms. The number of nitrogens with zero attached hydrogens (tertiary/aromatic N) is 3. The number of amides is 2. The van der Waals surface area contributed by atoms with Crippen LogP contribution in [0, 0.1) is 3.57 Å². The number of imidazole rings is 1. The zero-order chi connectivity index (χ0) is 28.2. The third-order valence-electron chi connectivity index (χ3n) is 6.03. The summed E-state index contributed by atoms with van der Waals surface area (Å²) in [6.45, 7) is 7.95. The molecule has 1 aromatic carbocycles. The second-order valence-corrected chi connectivity index (χ2v) is 11.4. The molecule has 11 heteroatoms. The van der Waals surface area contributed by atoms with E-state index in [0.29, 0.717) is 41.4 Å². The number of aromatic amines is 1. The molecule has 0 radical (unpaired) electrons. The lowest BCUT2D eigenvalue weighted by Crippen LogP contribution is -2.42. The number of piperidine rings is 1. The van der Waals surface area contributed by atoms with Crippen molar-refractivity contribution in [2.45, 2.75) is 58.6 Å². The molecule has 0 aliphatic carbocycles. The fraction of sp³-hybridized carbons (Fsp3) is 0.393. The van der Waals surface area contributed by atoms with Crippen molar-refractivity contribution >= 4 is 46.4 Å². The SMILES string of the molecule is CCOC(=O)c1[nH]c([C@@H]2CCCCN2C(=O)OC(C)(C)C)nc1-c1ccc(C(=O)Nc2cc(I)ccn2)cc1. The predicted octanol–water partition coefficient (Wildman–Crippen LogP) is 5.97. The van der Waals surface area contributed by atoms with E-state index in [2.05, 4.69) is 37.9 Å². The Bertz CT molecular complexity index is 1350. The Hall–Kier alpha value is -3.48. The quantitative estimate of drug-likeness (QED) is 0.250. The standard InChI is InChI=1S/C28H32IN5O5/c1-5-38-26(36)23-22(17-9-11-18(12-10-17)25(35)31-21-16-19(29)13-14-30-21)32-24(33-23)20-8-6-7-15-34(20)27(37)39-28(2,3)4/h9-14,16,20H,5-8,15H2,1-4H3,(H,32,33)(H,30,31,35)/t20-/m0/s1. The number of hydrogen-bond acceptors (Lipinski definition) is 7. The maximum absolute atomic E-state index is 13.0. The van der Waals surface area contributed by atoms with Crippen molar-refractivity contribution in [2.24, 2.45) is 0 Å². The van der Waals surface area contributed by atoms with Crippen LogP contribution in [0.2, 0.25) is 0 Å². The highest BCUT2D eigenvalue weighted by atomic mass is 127. The van der Waals surface area contributed by atoms with Gasteiger partial charge in [-0.25, -0.2) is 19.6 Å². The van der Waals surface area contributed by atoms with Gasteiger partial charge in [0, 0.05) is 27.4 Å². The molecule has 2 N–H and O–H groups in total. The smallest absolute Gasteiger partial charge is 0.410 e. The number of ether oxygens (including phenoxy) is 2. The van der Waals surface area contributed by atoms with Crippen molar-refractivity contribution in [3.05, 3.63) is 63.2 Å². The van der Waals surface area contributed by atoms with Gasteiger partial charge >= 0.3 is 12.1 Å². The zero-order valence-corrected chi connectivity index (χ0v) is 24.6. The van der Waals surface area contributed by atoms with Crippen LogP contribution in [0.3, 0.4) is 0 Å². The van der Waals surface area contributed by atoms with Crippen LogP contribution in [0.1, 0.15) is 79.7 Å². The highest BCUT2D eigenvalue weighted by Gasteiger charge is 2.34. The molecule has 0 unspecified atom stereocenters. The third-order valence-corrected chi connectivity index (χ3v) is 6.70. The molecule has 1 fully saturated rings. The highest BCUT2D eigenvalue weighted by Crippen LogP contribution is 2.33. The molecule has 1 atom stereocenters. The topological polar surface area (TPSA) is 127 Å². The summed E-state index contributed by atoms with van der Waals surface area (Å²) in [6, 6.07) is 10.0.